The first-order valence-electron chi connectivity index (χ1n) is 6.87. The lowest BCUT2D eigenvalue weighted by atomic mass is 10.0. The molecule has 0 saturated carbocycles. The zero-order valence-electron chi connectivity index (χ0n) is 11.7. The number of nitrogens with one attached hydrogen (secondary N) is 1. The van der Waals surface area contributed by atoms with Gasteiger partial charge in [0, 0.05) is 26.2 Å². The van der Waals surface area contributed by atoms with E-state index < -0.39 is 0 Å². The summed E-state index contributed by atoms with van der Waals surface area (Å²) in [5, 5.41) is 2.71. The molecule has 6 nitrogen and oxygen atoms in total. The fourth-order valence-electron chi connectivity index (χ4n) is 3.42. The number of amides is 2. The highest BCUT2D eigenvalue weighted by atomic mass is 16.3. The summed E-state index contributed by atoms with van der Waals surface area (Å²) in [6, 6.07) is 1.89. The number of likely N-dealkylation sites (N-methyl/N-ethyl adjacent to an activating group) is 2. The van der Waals surface area contributed by atoms with E-state index in [1.54, 1.807) is 13.1 Å². The molecular weight excluding hydrogens is 258 g/mol. The Hall–Kier alpha value is -1.82. The molecule has 1 N–H and O–H groups in total. The SMILES string of the molecule is CNC(=O)[C@@H]1C[C@H]2CN(C(=O)c3ccoc3)C[C@H]2N1C. The van der Waals surface area contributed by atoms with Crippen LogP contribution in [0.2, 0.25) is 0 Å². The lowest BCUT2D eigenvalue weighted by Gasteiger charge is -2.25. The number of fused-ring (bicyclic) bond motifs is 1. The Morgan fingerprint density at radius 2 is 2.20 bits per heavy atom. The molecule has 2 fully saturated rings. The van der Waals surface area contributed by atoms with Crippen LogP contribution in [0.15, 0.2) is 23.0 Å². The highest BCUT2D eigenvalue weighted by molar-refractivity contribution is 5.94. The summed E-state index contributed by atoms with van der Waals surface area (Å²) in [6.45, 7) is 1.39. The van der Waals surface area contributed by atoms with Crippen LogP contribution in [-0.4, -0.2) is 60.9 Å². The van der Waals surface area contributed by atoms with Gasteiger partial charge in [-0.2, -0.15) is 0 Å². The number of nitrogens with zero attached hydrogens (tertiary/aromatic N) is 2. The van der Waals surface area contributed by atoms with Gasteiger partial charge in [0.2, 0.25) is 5.91 Å². The second-order valence-corrected chi connectivity index (χ2v) is 5.58. The Balaban J connectivity index is 1.68. The van der Waals surface area contributed by atoms with Gasteiger partial charge in [-0.05, 0) is 25.5 Å². The lowest BCUT2D eigenvalue weighted by Crippen LogP contribution is -2.45. The van der Waals surface area contributed by atoms with Gasteiger partial charge in [-0.3, -0.25) is 14.5 Å². The molecule has 1 aromatic rings. The third-order valence-corrected chi connectivity index (χ3v) is 4.55. The van der Waals surface area contributed by atoms with E-state index in [2.05, 4.69) is 10.2 Å². The first kappa shape index (κ1) is 13.2. The van der Waals surface area contributed by atoms with Gasteiger partial charge >= 0.3 is 0 Å². The minimum atomic E-state index is -0.0684. The first-order chi connectivity index (χ1) is 9.61. The summed E-state index contributed by atoms with van der Waals surface area (Å²) < 4.78 is 4.96. The molecule has 2 aliphatic heterocycles. The zero-order chi connectivity index (χ0) is 14.3. The predicted octanol–water partition coefficient (Wildman–Crippen LogP) is 0.170. The topological polar surface area (TPSA) is 65.8 Å². The number of likely N-dealkylation sites (tertiary alicyclic amines) is 2. The Morgan fingerprint density at radius 1 is 1.40 bits per heavy atom. The largest absolute Gasteiger partial charge is 0.472 e. The smallest absolute Gasteiger partial charge is 0.257 e. The zero-order valence-corrected chi connectivity index (χ0v) is 11.7. The third kappa shape index (κ3) is 2.00. The van der Waals surface area contributed by atoms with Crippen LogP contribution >= 0.6 is 0 Å². The number of carbonyl (C=O) groups is 2. The molecule has 0 bridgehead atoms. The minimum absolute atomic E-state index is 0.0121. The van der Waals surface area contributed by atoms with Crippen molar-refractivity contribution in [2.45, 2.75) is 18.5 Å². The van der Waals surface area contributed by atoms with Crippen molar-refractivity contribution >= 4 is 11.8 Å². The van der Waals surface area contributed by atoms with Crippen molar-refractivity contribution < 1.29 is 14.0 Å². The highest BCUT2D eigenvalue weighted by Gasteiger charge is 2.48. The van der Waals surface area contributed by atoms with E-state index in [-0.39, 0.29) is 23.9 Å². The molecule has 108 valence electrons. The normalized spacial score (nSPS) is 29.5. The number of hydrogen-bond donors (Lipinski definition) is 1. The van der Waals surface area contributed by atoms with E-state index >= 15 is 0 Å². The van der Waals surface area contributed by atoms with Crippen molar-refractivity contribution in [3.63, 3.8) is 0 Å². The van der Waals surface area contributed by atoms with Crippen LogP contribution in [0.25, 0.3) is 0 Å². The van der Waals surface area contributed by atoms with Crippen molar-refractivity contribution in [3.8, 4) is 0 Å². The molecule has 6 heteroatoms. The molecule has 0 aromatic carbocycles. The minimum Gasteiger partial charge on any atom is -0.472 e. The van der Waals surface area contributed by atoms with E-state index in [1.807, 2.05) is 11.9 Å². The fourth-order valence-corrected chi connectivity index (χ4v) is 3.42. The van der Waals surface area contributed by atoms with Gasteiger partial charge in [-0.15, -0.1) is 0 Å². The van der Waals surface area contributed by atoms with E-state index in [0.717, 1.165) is 6.42 Å². The van der Waals surface area contributed by atoms with Gasteiger partial charge in [0.05, 0.1) is 17.9 Å². The van der Waals surface area contributed by atoms with E-state index in [4.69, 9.17) is 4.42 Å². The van der Waals surface area contributed by atoms with E-state index in [9.17, 15) is 9.59 Å². The fraction of sp³-hybridized carbons (Fsp3) is 0.571. The molecule has 0 radical (unpaired) electrons. The maximum absolute atomic E-state index is 12.3. The second-order valence-electron chi connectivity index (χ2n) is 5.58. The molecule has 20 heavy (non-hydrogen) atoms. The summed E-state index contributed by atoms with van der Waals surface area (Å²) in [4.78, 5) is 28.1. The van der Waals surface area contributed by atoms with Crippen LogP contribution in [0.1, 0.15) is 16.8 Å². The van der Waals surface area contributed by atoms with E-state index in [0.29, 0.717) is 24.6 Å². The molecule has 2 saturated heterocycles. The van der Waals surface area contributed by atoms with Crippen molar-refractivity contribution in [1.29, 1.82) is 0 Å². The Labute approximate surface area is 117 Å². The molecule has 0 aliphatic carbocycles. The van der Waals surface area contributed by atoms with Crippen LogP contribution in [0.4, 0.5) is 0 Å². The molecule has 2 amide bonds. The summed E-state index contributed by atoms with van der Waals surface area (Å²) in [6.07, 6.45) is 3.81. The summed E-state index contributed by atoms with van der Waals surface area (Å²) in [5.41, 5.74) is 0.593. The number of carbonyl (C=O) groups excluding carboxylic acids is 2. The quantitative estimate of drug-likeness (QED) is 0.837. The molecule has 0 unspecified atom stereocenters. The third-order valence-electron chi connectivity index (χ3n) is 4.55. The van der Waals surface area contributed by atoms with Crippen LogP contribution in [0, 0.1) is 5.92 Å². The van der Waals surface area contributed by atoms with Gasteiger partial charge in [0.15, 0.2) is 0 Å². The van der Waals surface area contributed by atoms with Crippen molar-refractivity contribution in [3.05, 3.63) is 24.2 Å². The summed E-state index contributed by atoms with van der Waals surface area (Å²) >= 11 is 0. The molecule has 0 spiro atoms. The second kappa shape index (κ2) is 4.94. The van der Waals surface area contributed by atoms with Gasteiger partial charge in [-0.1, -0.05) is 0 Å². The monoisotopic (exact) mass is 277 g/mol. The van der Waals surface area contributed by atoms with Crippen molar-refractivity contribution in [1.82, 2.24) is 15.1 Å². The number of rotatable bonds is 2. The maximum Gasteiger partial charge on any atom is 0.257 e. The standard InChI is InChI=1S/C14H19N3O3/c1-15-13(18)11-5-10-6-17(7-12(10)16(11)2)14(19)9-3-4-20-8-9/h3-4,8,10-12H,5-7H2,1-2H3,(H,15,18)/t10-,11-,12+/m0/s1. The molecular formula is C14H19N3O3. The van der Waals surface area contributed by atoms with Crippen LogP contribution < -0.4 is 5.32 Å². The molecule has 3 heterocycles. The number of furan rings is 1. The van der Waals surface area contributed by atoms with Crippen molar-refractivity contribution in [2.24, 2.45) is 5.92 Å². The lowest BCUT2D eigenvalue weighted by molar-refractivity contribution is -0.125. The Morgan fingerprint density at radius 3 is 2.80 bits per heavy atom. The molecule has 3 atom stereocenters. The maximum atomic E-state index is 12.3. The Kier molecular flexibility index (Phi) is 3.25. The van der Waals surface area contributed by atoms with Gasteiger partial charge in [-0.25, -0.2) is 0 Å². The van der Waals surface area contributed by atoms with Gasteiger partial charge in [0.25, 0.3) is 5.91 Å². The van der Waals surface area contributed by atoms with Crippen LogP contribution in [0.3, 0.4) is 0 Å². The van der Waals surface area contributed by atoms with Gasteiger partial charge in [0.1, 0.15) is 6.26 Å². The highest BCUT2D eigenvalue weighted by Crippen LogP contribution is 2.35. The molecule has 1 aromatic heterocycles. The van der Waals surface area contributed by atoms with Crippen LogP contribution in [-0.2, 0) is 4.79 Å². The summed E-state index contributed by atoms with van der Waals surface area (Å²) in [7, 11) is 3.63. The average Bonchev–Trinajstić information content (AvgIpc) is 3.15. The first-order valence-corrected chi connectivity index (χ1v) is 6.87. The van der Waals surface area contributed by atoms with Crippen LogP contribution in [0.5, 0.6) is 0 Å². The average molecular weight is 277 g/mol. The Bertz CT molecular complexity index is 514. The predicted molar refractivity (Wildman–Crippen MR) is 72.1 cm³/mol. The molecule has 2 aliphatic rings. The van der Waals surface area contributed by atoms with Crippen molar-refractivity contribution in [2.75, 3.05) is 27.2 Å². The van der Waals surface area contributed by atoms with E-state index in [1.165, 1.54) is 12.5 Å². The van der Waals surface area contributed by atoms with Gasteiger partial charge < -0.3 is 14.6 Å². The number of hydrogen-bond acceptors (Lipinski definition) is 4. The summed E-state index contributed by atoms with van der Waals surface area (Å²) in [5.74, 6) is 0.450. The molecule has 3 rings (SSSR count).